The second kappa shape index (κ2) is 14.4. The van der Waals surface area contributed by atoms with E-state index < -0.39 is 28.5 Å². The van der Waals surface area contributed by atoms with Crippen LogP contribution in [0.15, 0.2) is 77.7 Å². The molecule has 0 aliphatic carbocycles. The second-order valence-electron chi connectivity index (χ2n) is 10.2. The lowest BCUT2D eigenvalue weighted by Crippen LogP contribution is -2.52. The zero-order valence-corrected chi connectivity index (χ0v) is 25.7. The molecular weight excluding hydrogens is 562 g/mol. The maximum Gasteiger partial charge on any atom is 0.264 e. The first-order chi connectivity index (χ1) is 19.5. The van der Waals surface area contributed by atoms with Crippen LogP contribution in [0.25, 0.3) is 0 Å². The van der Waals surface area contributed by atoms with Crippen molar-refractivity contribution in [3.63, 3.8) is 0 Å². The molecule has 0 heterocycles. The molecular formula is C31H38ClN3O5S. The quantitative estimate of drug-likeness (QED) is 0.283. The van der Waals surface area contributed by atoms with Gasteiger partial charge in [-0.25, -0.2) is 8.42 Å². The van der Waals surface area contributed by atoms with Crippen molar-refractivity contribution in [3.05, 3.63) is 88.9 Å². The molecule has 0 aromatic heterocycles. The molecule has 0 radical (unpaired) electrons. The SMILES string of the molecule is CC[C@@H](C(=O)NCC(C)C)N(Cc1cccc(OC)c1)C(=O)CN(c1ccc(Cl)cc1)S(=O)(=O)c1ccc(C)cc1. The first-order valence-corrected chi connectivity index (χ1v) is 15.3. The predicted molar refractivity (Wildman–Crippen MR) is 163 cm³/mol. The van der Waals surface area contributed by atoms with Crippen molar-refractivity contribution < 1.29 is 22.7 Å². The number of ether oxygens (including phenoxy) is 1. The van der Waals surface area contributed by atoms with Crippen LogP contribution in [0, 0.1) is 12.8 Å². The van der Waals surface area contributed by atoms with Crippen molar-refractivity contribution >= 4 is 39.1 Å². The molecule has 10 heteroatoms. The fourth-order valence-electron chi connectivity index (χ4n) is 4.28. The van der Waals surface area contributed by atoms with Crippen LogP contribution in [-0.4, -0.2) is 51.4 Å². The predicted octanol–water partition coefficient (Wildman–Crippen LogP) is 5.43. The van der Waals surface area contributed by atoms with Crippen molar-refractivity contribution in [2.45, 2.75) is 51.6 Å². The normalized spacial score (nSPS) is 12.1. The third kappa shape index (κ3) is 8.47. The van der Waals surface area contributed by atoms with Crippen LogP contribution in [0.4, 0.5) is 5.69 Å². The third-order valence-electron chi connectivity index (χ3n) is 6.56. The Balaban J connectivity index is 2.05. The third-order valence-corrected chi connectivity index (χ3v) is 8.60. The van der Waals surface area contributed by atoms with Gasteiger partial charge < -0.3 is 15.0 Å². The van der Waals surface area contributed by atoms with E-state index in [1.165, 1.54) is 17.0 Å². The van der Waals surface area contributed by atoms with Crippen LogP contribution >= 0.6 is 11.6 Å². The lowest BCUT2D eigenvalue weighted by atomic mass is 10.1. The summed E-state index contributed by atoms with van der Waals surface area (Å²) in [7, 11) is -2.60. The number of carbonyl (C=O) groups is 2. The molecule has 0 aliphatic heterocycles. The molecule has 0 saturated carbocycles. The number of aryl methyl sites for hydroxylation is 1. The van der Waals surface area contributed by atoms with Gasteiger partial charge in [0, 0.05) is 18.1 Å². The molecule has 8 nitrogen and oxygen atoms in total. The highest BCUT2D eigenvalue weighted by molar-refractivity contribution is 7.92. The number of anilines is 1. The highest BCUT2D eigenvalue weighted by atomic mass is 35.5. The molecule has 220 valence electrons. The van der Waals surface area contributed by atoms with E-state index in [1.807, 2.05) is 33.8 Å². The topological polar surface area (TPSA) is 96.0 Å². The van der Waals surface area contributed by atoms with E-state index in [0.29, 0.717) is 23.7 Å². The van der Waals surface area contributed by atoms with E-state index in [0.717, 1.165) is 15.4 Å². The van der Waals surface area contributed by atoms with Crippen molar-refractivity contribution in [3.8, 4) is 5.75 Å². The first-order valence-electron chi connectivity index (χ1n) is 13.5. The molecule has 3 aromatic rings. The molecule has 0 spiro atoms. The Morgan fingerprint density at radius 2 is 1.66 bits per heavy atom. The molecule has 2 amide bonds. The molecule has 0 aliphatic rings. The van der Waals surface area contributed by atoms with Crippen molar-refractivity contribution in [2.75, 3.05) is 24.5 Å². The van der Waals surface area contributed by atoms with Crippen molar-refractivity contribution in [1.29, 1.82) is 0 Å². The van der Waals surface area contributed by atoms with Crippen LogP contribution in [-0.2, 0) is 26.2 Å². The zero-order chi connectivity index (χ0) is 30.2. The summed E-state index contributed by atoms with van der Waals surface area (Å²) in [5.74, 6) is 0.0119. The number of sulfonamides is 1. The minimum Gasteiger partial charge on any atom is -0.497 e. The number of hydrogen-bond acceptors (Lipinski definition) is 5. The molecule has 3 aromatic carbocycles. The number of nitrogens with one attached hydrogen (secondary N) is 1. The van der Waals surface area contributed by atoms with E-state index in [4.69, 9.17) is 16.3 Å². The first kappa shape index (κ1) is 32.0. The molecule has 0 saturated heterocycles. The summed E-state index contributed by atoms with van der Waals surface area (Å²) < 4.78 is 34.2. The molecule has 0 fully saturated rings. The molecule has 41 heavy (non-hydrogen) atoms. The summed E-state index contributed by atoms with van der Waals surface area (Å²) in [4.78, 5) is 28.9. The molecule has 1 N–H and O–H groups in total. The zero-order valence-electron chi connectivity index (χ0n) is 24.1. The maximum absolute atomic E-state index is 14.1. The fourth-order valence-corrected chi connectivity index (χ4v) is 5.82. The van der Waals surface area contributed by atoms with Gasteiger partial charge in [-0.15, -0.1) is 0 Å². The summed E-state index contributed by atoms with van der Waals surface area (Å²) in [6, 6.07) is 19.1. The minimum atomic E-state index is -4.15. The van der Waals surface area contributed by atoms with Gasteiger partial charge in [0.2, 0.25) is 11.8 Å². The van der Waals surface area contributed by atoms with Crippen molar-refractivity contribution in [2.24, 2.45) is 5.92 Å². The molecule has 0 unspecified atom stereocenters. The largest absolute Gasteiger partial charge is 0.497 e. The summed E-state index contributed by atoms with van der Waals surface area (Å²) in [6.45, 7) is 7.68. The number of rotatable bonds is 13. The summed E-state index contributed by atoms with van der Waals surface area (Å²) >= 11 is 6.09. The summed E-state index contributed by atoms with van der Waals surface area (Å²) in [6.07, 6.45) is 0.339. The second-order valence-corrected chi connectivity index (χ2v) is 12.5. The van der Waals surface area contributed by atoms with Gasteiger partial charge in [0.25, 0.3) is 10.0 Å². The highest BCUT2D eigenvalue weighted by Crippen LogP contribution is 2.27. The average molecular weight is 600 g/mol. The van der Waals surface area contributed by atoms with E-state index in [1.54, 1.807) is 61.7 Å². The van der Waals surface area contributed by atoms with E-state index in [-0.39, 0.29) is 29.0 Å². The number of amides is 2. The van der Waals surface area contributed by atoms with Crippen LogP contribution in [0.2, 0.25) is 5.02 Å². The van der Waals surface area contributed by atoms with E-state index in [9.17, 15) is 18.0 Å². The lowest BCUT2D eigenvalue weighted by Gasteiger charge is -2.33. The van der Waals surface area contributed by atoms with Gasteiger partial charge in [0.15, 0.2) is 0 Å². The highest BCUT2D eigenvalue weighted by Gasteiger charge is 2.33. The number of methoxy groups -OCH3 is 1. The smallest absolute Gasteiger partial charge is 0.264 e. The van der Waals surface area contributed by atoms with Gasteiger partial charge in [-0.1, -0.05) is 62.2 Å². The molecule has 3 rings (SSSR count). The van der Waals surface area contributed by atoms with Gasteiger partial charge in [0.1, 0.15) is 18.3 Å². The standard InChI is InChI=1S/C31H38ClN3O5S/c1-6-29(31(37)33-19-22(2)3)34(20-24-8-7-9-27(18-24)40-5)30(36)21-35(26-14-12-25(32)13-15-26)41(38,39)28-16-10-23(4)11-17-28/h7-18,22,29H,6,19-21H2,1-5H3,(H,33,37)/t29-/m0/s1. The Morgan fingerprint density at radius 1 is 1.00 bits per heavy atom. The Hall–Kier alpha value is -3.56. The van der Waals surface area contributed by atoms with E-state index >= 15 is 0 Å². The number of hydrogen-bond donors (Lipinski definition) is 1. The molecule has 0 bridgehead atoms. The Kier molecular flexibility index (Phi) is 11.2. The number of benzene rings is 3. The van der Waals surface area contributed by atoms with Crippen LogP contribution in [0.5, 0.6) is 5.75 Å². The lowest BCUT2D eigenvalue weighted by molar-refractivity contribution is -0.140. The Labute approximate surface area is 248 Å². The Bertz CT molecular complexity index is 1430. The van der Waals surface area contributed by atoms with Gasteiger partial charge >= 0.3 is 0 Å². The monoisotopic (exact) mass is 599 g/mol. The minimum absolute atomic E-state index is 0.0481. The fraction of sp³-hybridized carbons (Fsp3) is 0.355. The van der Waals surface area contributed by atoms with Gasteiger partial charge in [-0.05, 0) is 73.4 Å². The van der Waals surface area contributed by atoms with Gasteiger partial charge in [0.05, 0.1) is 17.7 Å². The number of nitrogens with zero attached hydrogens (tertiary/aromatic N) is 2. The number of carbonyl (C=O) groups excluding carboxylic acids is 2. The van der Waals surface area contributed by atoms with Crippen LogP contribution in [0.3, 0.4) is 0 Å². The van der Waals surface area contributed by atoms with Crippen LogP contribution < -0.4 is 14.4 Å². The van der Waals surface area contributed by atoms with Crippen molar-refractivity contribution in [1.82, 2.24) is 10.2 Å². The van der Waals surface area contributed by atoms with Gasteiger partial charge in [-0.2, -0.15) is 0 Å². The summed E-state index contributed by atoms with van der Waals surface area (Å²) in [5.41, 5.74) is 1.93. The summed E-state index contributed by atoms with van der Waals surface area (Å²) in [5, 5.41) is 3.36. The Morgan fingerprint density at radius 3 is 2.24 bits per heavy atom. The van der Waals surface area contributed by atoms with E-state index in [2.05, 4.69) is 5.32 Å². The average Bonchev–Trinajstić information content (AvgIpc) is 2.95. The number of halogens is 1. The van der Waals surface area contributed by atoms with Crippen LogP contribution in [0.1, 0.15) is 38.3 Å². The van der Waals surface area contributed by atoms with Gasteiger partial charge in [-0.3, -0.25) is 13.9 Å². The maximum atomic E-state index is 14.1. The molecule has 1 atom stereocenters.